The lowest BCUT2D eigenvalue weighted by atomic mass is 10.1. The Hall–Kier alpha value is -1.40. The second-order valence-corrected chi connectivity index (χ2v) is 2.61. The predicted octanol–water partition coefficient (Wildman–Crippen LogP) is 1.72. The fraction of sp³-hybridized carbons (Fsp3) is 0.222. The third-order valence-electron chi connectivity index (χ3n) is 1.64. The molecule has 2 nitrogen and oxygen atoms in total. The first-order chi connectivity index (χ1) is 5.66. The minimum atomic E-state index is -0.505. The van der Waals surface area contributed by atoms with Gasteiger partial charge in [0.15, 0.2) is 0 Å². The summed E-state index contributed by atoms with van der Waals surface area (Å²) in [6, 6.07) is 6.02. The van der Waals surface area contributed by atoms with Crippen molar-refractivity contribution in [3.63, 3.8) is 0 Å². The molecule has 2 N–H and O–H groups in total. The van der Waals surface area contributed by atoms with E-state index in [0.29, 0.717) is 5.56 Å². The van der Waals surface area contributed by atoms with Gasteiger partial charge in [0.2, 0.25) is 0 Å². The van der Waals surface area contributed by atoms with E-state index in [1.807, 2.05) is 0 Å². The number of nitrogens with two attached hydrogens (primary N) is 1. The van der Waals surface area contributed by atoms with Gasteiger partial charge in [-0.1, -0.05) is 12.1 Å². The lowest BCUT2D eigenvalue weighted by Crippen LogP contribution is -2.08. The summed E-state index contributed by atoms with van der Waals surface area (Å²) < 4.78 is 13.2. The minimum Gasteiger partial charge on any atom is -0.324 e. The Bertz CT molecular complexity index is 326. The highest BCUT2D eigenvalue weighted by Crippen LogP contribution is 2.17. The van der Waals surface area contributed by atoms with Crippen molar-refractivity contribution < 1.29 is 4.39 Å². The average Bonchev–Trinajstić information content (AvgIpc) is 2.04. The van der Waals surface area contributed by atoms with Crippen LogP contribution >= 0.6 is 0 Å². The summed E-state index contributed by atoms with van der Waals surface area (Å²) in [4.78, 5) is 0. The van der Waals surface area contributed by atoms with Crippen LogP contribution in [0.5, 0.6) is 0 Å². The summed E-state index contributed by atoms with van der Waals surface area (Å²) in [5.41, 5.74) is 5.92. The van der Waals surface area contributed by atoms with Crippen molar-refractivity contribution in [1.29, 1.82) is 5.26 Å². The van der Waals surface area contributed by atoms with Gasteiger partial charge in [-0.3, -0.25) is 0 Å². The molecule has 0 fully saturated rings. The molecule has 0 aliphatic carbocycles. The highest BCUT2D eigenvalue weighted by Gasteiger charge is 2.09. The summed E-state index contributed by atoms with van der Waals surface area (Å²) in [5.74, 6) is -0.505. The van der Waals surface area contributed by atoms with Gasteiger partial charge < -0.3 is 5.73 Å². The molecule has 0 radical (unpaired) electrons. The smallest absolute Gasteiger partial charge is 0.145 e. The molecule has 62 valence electrons. The van der Waals surface area contributed by atoms with Gasteiger partial charge in [0.25, 0.3) is 0 Å². The molecule has 0 aliphatic rings. The van der Waals surface area contributed by atoms with Gasteiger partial charge in [0.1, 0.15) is 11.9 Å². The quantitative estimate of drug-likeness (QED) is 0.687. The number of rotatable bonds is 1. The average molecular weight is 164 g/mol. The van der Waals surface area contributed by atoms with Crippen LogP contribution in [0.3, 0.4) is 0 Å². The largest absolute Gasteiger partial charge is 0.324 e. The lowest BCUT2D eigenvalue weighted by Gasteiger charge is -2.06. The highest BCUT2D eigenvalue weighted by molar-refractivity contribution is 5.35. The van der Waals surface area contributed by atoms with Gasteiger partial charge in [-0.25, -0.2) is 4.39 Å². The first-order valence-electron chi connectivity index (χ1n) is 3.61. The molecule has 1 rings (SSSR count). The molecule has 1 aromatic carbocycles. The van der Waals surface area contributed by atoms with Crippen molar-refractivity contribution in [2.75, 3.05) is 0 Å². The molecule has 0 heterocycles. The zero-order chi connectivity index (χ0) is 9.14. The Morgan fingerprint density at radius 1 is 1.58 bits per heavy atom. The van der Waals surface area contributed by atoms with E-state index in [-0.39, 0.29) is 11.6 Å². The number of hydrogen-bond donors (Lipinski definition) is 1. The van der Waals surface area contributed by atoms with Gasteiger partial charge in [0.05, 0.1) is 5.56 Å². The Balaban J connectivity index is 3.25. The zero-order valence-electron chi connectivity index (χ0n) is 6.71. The van der Waals surface area contributed by atoms with Gasteiger partial charge in [-0.05, 0) is 13.0 Å². The normalized spacial score (nSPS) is 12.2. The van der Waals surface area contributed by atoms with Crippen LogP contribution in [-0.4, -0.2) is 0 Å². The summed E-state index contributed by atoms with van der Waals surface area (Å²) in [5, 5.41) is 8.49. The van der Waals surface area contributed by atoms with Crippen molar-refractivity contribution in [2.45, 2.75) is 13.0 Å². The topological polar surface area (TPSA) is 49.8 Å². The summed E-state index contributed by atoms with van der Waals surface area (Å²) in [6.45, 7) is 1.68. The van der Waals surface area contributed by atoms with Crippen LogP contribution in [0.4, 0.5) is 4.39 Å². The Labute approximate surface area is 70.4 Å². The monoisotopic (exact) mass is 164 g/mol. The van der Waals surface area contributed by atoms with E-state index in [1.165, 1.54) is 6.07 Å². The lowest BCUT2D eigenvalue weighted by molar-refractivity contribution is 0.590. The first kappa shape index (κ1) is 8.69. The van der Waals surface area contributed by atoms with Crippen LogP contribution < -0.4 is 5.73 Å². The molecule has 0 bridgehead atoms. The van der Waals surface area contributed by atoms with Crippen LogP contribution in [-0.2, 0) is 0 Å². The van der Waals surface area contributed by atoms with E-state index in [9.17, 15) is 4.39 Å². The van der Waals surface area contributed by atoms with Crippen LogP contribution in [0, 0.1) is 17.1 Å². The molecular formula is C9H9FN2. The number of hydrogen-bond acceptors (Lipinski definition) is 2. The maximum Gasteiger partial charge on any atom is 0.145 e. The number of halogens is 1. The van der Waals surface area contributed by atoms with Gasteiger partial charge in [0, 0.05) is 11.6 Å². The third kappa shape index (κ3) is 1.44. The second-order valence-electron chi connectivity index (χ2n) is 2.61. The fourth-order valence-corrected chi connectivity index (χ4v) is 0.988. The molecular weight excluding hydrogens is 155 g/mol. The molecule has 0 saturated carbocycles. The maximum atomic E-state index is 13.2. The third-order valence-corrected chi connectivity index (χ3v) is 1.64. The molecule has 12 heavy (non-hydrogen) atoms. The van der Waals surface area contributed by atoms with E-state index < -0.39 is 5.82 Å². The molecule has 3 heteroatoms. The molecule has 0 aliphatic heterocycles. The standard InChI is InChI=1S/C9H9FN2/c1-6(12)8-4-2-3-7(5-11)9(8)10/h2-4,6H,12H2,1H3/t6-/m1/s1. The molecule has 0 amide bonds. The van der Waals surface area contributed by atoms with Crippen molar-refractivity contribution >= 4 is 0 Å². The SMILES string of the molecule is C[C@@H](N)c1cccc(C#N)c1F. The first-order valence-corrected chi connectivity index (χ1v) is 3.61. The van der Waals surface area contributed by atoms with Crippen LogP contribution in [0.2, 0.25) is 0 Å². The highest BCUT2D eigenvalue weighted by atomic mass is 19.1. The van der Waals surface area contributed by atoms with Crippen molar-refractivity contribution in [3.05, 3.63) is 35.1 Å². The van der Waals surface area contributed by atoms with E-state index in [2.05, 4.69) is 0 Å². The van der Waals surface area contributed by atoms with Crippen LogP contribution in [0.25, 0.3) is 0 Å². The van der Waals surface area contributed by atoms with Crippen molar-refractivity contribution in [2.24, 2.45) is 5.73 Å². The molecule has 0 saturated heterocycles. The number of benzene rings is 1. The molecule has 1 atom stereocenters. The zero-order valence-corrected chi connectivity index (χ0v) is 6.71. The van der Waals surface area contributed by atoms with Crippen molar-refractivity contribution in [1.82, 2.24) is 0 Å². The van der Waals surface area contributed by atoms with Gasteiger partial charge in [-0.2, -0.15) is 5.26 Å². The molecule has 1 aromatic rings. The summed E-state index contributed by atoms with van der Waals surface area (Å²) in [6.07, 6.45) is 0. The number of nitrogens with zero attached hydrogens (tertiary/aromatic N) is 1. The molecule has 0 spiro atoms. The van der Waals surface area contributed by atoms with E-state index in [0.717, 1.165) is 0 Å². The van der Waals surface area contributed by atoms with Crippen LogP contribution in [0.15, 0.2) is 18.2 Å². The molecule has 0 unspecified atom stereocenters. The Morgan fingerprint density at radius 3 is 2.75 bits per heavy atom. The van der Waals surface area contributed by atoms with E-state index in [4.69, 9.17) is 11.0 Å². The Morgan fingerprint density at radius 2 is 2.25 bits per heavy atom. The summed E-state index contributed by atoms with van der Waals surface area (Å²) >= 11 is 0. The van der Waals surface area contributed by atoms with Crippen LogP contribution in [0.1, 0.15) is 24.1 Å². The Kier molecular flexibility index (Phi) is 2.41. The van der Waals surface area contributed by atoms with E-state index in [1.54, 1.807) is 25.1 Å². The van der Waals surface area contributed by atoms with Gasteiger partial charge >= 0.3 is 0 Å². The maximum absolute atomic E-state index is 13.2. The minimum absolute atomic E-state index is 0.0461. The van der Waals surface area contributed by atoms with Gasteiger partial charge in [-0.15, -0.1) is 0 Å². The molecule has 0 aromatic heterocycles. The number of nitriles is 1. The predicted molar refractivity (Wildman–Crippen MR) is 43.7 cm³/mol. The fourth-order valence-electron chi connectivity index (χ4n) is 0.988. The van der Waals surface area contributed by atoms with E-state index >= 15 is 0 Å². The van der Waals surface area contributed by atoms with Crippen molar-refractivity contribution in [3.8, 4) is 6.07 Å². The second kappa shape index (κ2) is 3.33. The summed E-state index contributed by atoms with van der Waals surface area (Å²) in [7, 11) is 0.